The first-order valence-electron chi connectivity index (χ1n) is 8.17. The van der Waals surface area contributed by atoms with Crippen LogP contribution in [0.25, 0.3) is 0 Å². The topological polar surface area (TPSA) is 99.6 Å². The number of rotatable bonds is 2. The maximum Gasteiger partial charge on any atom is 0.451 e. The number of amides is 3. The van der Waals surface area contributed by atoms with E-state index in [4.69, 9.17) is 10.5 Å². The average Bonchev–Trinajstić information content (AvgIpc) is 3.03. The molecule has 0 bridgehead atoms. The van der Waals surface area contributed by atoms with Gasteiger partial charge in [-0.25, -0.2) is 9.48 Å². The number of benzene rings is 1. The van der Waals surface area contributed by atoms with Gasteiger partial charge in [-0.1, -0.05) is 29.5 Å². The molecule has 3 rings (SSSR count). The molecule has 150 valence electrons. The van der Waals surface area contributed by atoms with Gasteiger partial charge in [-0.15, -0.1) is 4.99 Å². The SMILES string of the molecule is Cn1nc(C(F)(F)F)sc1=NC(=O)[N+]1(c2ccccc2)CCOCC1C(N)=O. The van der Waals surface area contributed by atoms with Gasteiger partial charge in [-0.05, 0) is 12.1 Å². The molecule has 2 heterocycles. The Bertz CT molecular complexity index is 956. The number of primary amides is 1. The number of carbonyl (C=O) groups excluding carboxylic acids is 2. The summed E-state index contributed by atoms with van der Waals surface area (Å²) in [5.41, 5.74) is 5.96. The lowest BCUT2D eigenvalue weighted by molar-refractivity contribution is -0.138. The number of aromatic nitrogens is 2. The standard InChI is InChI=1S/C16H16F3N5O3S/c1-23-14(28-13(22-23)16(17,18)19)21-15(26)24(10-5-3-2-4-6-10)7-8-27-9-11(24)12(20)25/h2-6,11H,7-9H2,1H3,(H-,20,25)/p+1. The lowest BCUT2D eigenvalue weighted by Crippen LogP contribution is -2.69. The highest BCUT2D eigenvalue weighted by atomic mass is 32.1. The minimum Gasteiger partial charge on any atom is -0.369 e. The third kappa shape index (κ3) is 3.57. The van der Waals surface area contributed by atoms with Crippen LogP contribution in [0, 0.1) is 0 Å². The van der Waals surface area contributed by atoms with Crippen LogP contribution in [0.1, 0.15) is 5.01 Å². The molecule has 1 fully saturated rings. The van der Waals surface area contributed by atoms with E-state index in [1.165, 1.54) is 7.05 Å². The molecule has 12 heteroatoms. The Morgan fingerprint density at radius 2 is 2.04 bits per heavy atom. The van der Waals surface area contributed by atoms with Gasteiger partial charge in [-0.3, -0.25) is 4.79 Å². The van der Waals surface area contributed by atoms with Crippen LogP contribution in [0.2, 0.25) is 0 Å². The number of halogens is 3. The van der Waals surface area contributed by atoms with Crippen molar-refractivity contribution in [2.24, 2.45) is 17.8 Å². The summed E-state index contributed by atoms with van der Waals surface area (Å²) in [6.07, 6.45) is -4.65. The molecule has 2 aromatic rings. The lowest BCUT2D eigenvalue weighted by atomic mass is 10.1. The quantitative estimate of drug-likeness (QED) is 0.749. The molecule has 0 aliphatic carbocycles. The molecule has 2 atom stereocenters. The van der Waals surface area contributed by atoms with Crippen molar-refractivity contribution in [1.82, 2.24) is 14.3 Å². The number of hydrogen-bond acceptors (Lipinski definition) is 5. The van der Waals surface area contributed by atoms with E-state index in [1.807, 2.05) is 0 Å². The number of nitrogens with zero attached hydrogens (tertiary/aromatic N) is 4. The Morgan fingerprint density at radius 3 is 2.61 bits per heavy atom. The average molecular weight is 416 g/mol. The summed E-state index contributed by atoms with van der Waals surface area (Å²) >= 11 is 0.244. The molecule has 1 aliphatic heterocycles. The molecule has 0 radical (unpaired) electrons. The minimum absolute atomic E-state index is 0.0641. The van der Waals surface area contributed by atoms with Crippen LogP contribution in [0.4, 0.5) is 23.7 Å². The zero-order valence-electron chi connectivity index (χ0n) is 14.7. The molecule has 2 N–H and O–H groups in total. The Morgan fingerprint density at radius 1 is 1.36 bits per heavy atom. The van der Waals surface area contributed by atoms with Crippen molar-refractivity contribution in [3.63, 3.8) is 0 Å². The fourth-order valence-electron chi connectivity index (χ4n) is 3.06. The van der Waals surface area contributed by atoms with Crippen molar-refractivity contribution in [3.05, 3.63) is 40.1 Å². The fraction of sp³-hybridized carbons (Fsp3) is 0.375. The van der Waals surface area contributed by atoms with Gasteiger partial charge in [0.05, 0.1) is 6.61 Å². The zero-order chi connectivity index (χ0) is 20.5. The zero-order valence-corrected chi connectivity index (χ0v) is 15.5. The minimum atomic E-state index is -4.65. The molecule has 2 unspecified atom stereocenters. The van der Waals surface area contributed by atoms with Gasteiger partial charge in [0, 0.05) is 7.05 Å². The number of hydrogen-bond donors (Lipinski definition) is 1. The number of urea groups is 1. The molecule has 0 saturated carbocycles. The number of aryl methyl sites for hydroxylation is 1. The second kappa shape index (κ2) is 7.45. The first-order valence-corrected chi connectivity index (χ1v) is 8.99. The first-order chi connectivity index (χ1) is 13.2. The summed E-state index contributed by atoms with van der Waals surface area (Å²) in [6, 6.07) is 6.51. The number of para-hydroxylation sites is 1. The summed E-state index contributed by atoms with van der Waals surface area (Å²) in [7, 11) is 1.26. The van der Waals surface area contributed by atoms with Crippen LogP contribution in [0.3, 0.4) is 0 Å². The number of quaternary nitrogens is 1. The Balaban J connectivity index is 2.16. The molecule has 1 aliphatic rings. The molecule has 0 spiro atoms. The van der Waals surface area contributed by atoms with E-state index in [1.54, 1.807) is 30.3 Å². The summed E-state index contributed by atoms with van der Waals surface area (Å²) in [4.78, 5) is 29.0. The van der Waals surface area contributed by atoms with Gasteiger partial charge >= 0.3 is 12.2 Å². The molecule has 1 aromatic heterocycles. The van der Waals surface area contributed by atoms with E-state index < -0.39 is 33.6 Å². The number of nitrogens with two attached hydrogens (primary N) is 1. The van der Waals surface area contributed by atoms with Crippen molar-refractivity contribution in [2.45, 2.75) is 12.2 Å². The van der Waals surface area contributed by atoms with Gasteiger partial charge in [0.15, 0.2) is 0 Å². The van der Waals surface area contributed by atoms with Crippen molar-refractivity contribution >= 4 is 29.0 Å². The van der Waals surface area contributed by atoms with Crippen molar-refractivity contribution in [3.8, 4) is 0 Å². The number of carbonyl (C=O) groups is 2. The number of morpholine rings is 1. The lowest BCUT2D eigenvalue weighted by Gasteiger charge is -2.41. The van der Waals surface area contributed by atoms with Crippen LogP contribution in [-0.2, 0) is 22.8 Å². The molecule has 1 aromatic carbocycles. The van der Waals surface area contributed by atoms with E-state index in [2.05, 4.69) is 10.1 Å². The van der Waals surface area contributed by atoms with Crippen LogP contribution in [0.5, 0.6) is 0 Å². The smallest absolute Gasteiger partial charge is 0.369 e. The third-order valence-electron chi connectivity index (χ3n) is 4.42. The third-order valence-corrected chi connectivity index (χ3v) is 5.47. The van der Waals surface area contributed by atoms with Gasteiger partial charge in [-0.2, -0.15) is 22.8 Å². The van der Waals surface area contributed by atoms with Gasteiger partial charge < -0.3 is 10.5 Å². The summed E-state index contributed by atoms with van der Waals surface area (Å²) in [5, 5.41) is 2.25. The van der Waals surface area contributed by atoms with Crippen LogP contribution < -0.4 is 15.0 Å². The van der Waals surface area contributed by atoms with Gasteiger partial charge in [0.25, 0.3) is 5.91 Å². The van der Waals surface area contributed by atoms with Crippen molar-refractivity contribution in [1.29, 1.82) is 0 Å². The molecule has 1 saturated heterocycles. The monoisotopic (exact) mass is 416 g/mol. The Kier molecular flexibility index (Phi) is 5.37. The Hall–Kier alpha value is -2.57. The normalized spacial score (nSPS) is 23.6. The Labute approximate surface area is 161 Å². The van der Waals surface area contributed by atoms with Gasteiger partial charge in [0.2, 0.25) is 15.9 Å². The second-order valence-electron chi connectivity index (χ2n) is 6.13. The maximum atomic E-state index is 13.2. The number of alkyl halides is 3. The first kappa shape index (κ1) is 20.2. The second-order valence-corrected chi connectivity index (χ2v) is 7.08. The largest absolute Gasteiger partial charge is 0.451 e. The maximum absolute atomic E-state index is 13.2. The van der Waals surface area contributed by atoms with E-state index in [-0.39, 0.29) is 35.9 Å². The predicted molar refractivity (Wildman–Crippen MR) is 94.0 cm³/mol. The van der Waals surface area contributed by atoms with Crippen molar-refractivity contribution < 1.29 is 27.5 Å². The highest BCUT2D eigenvalue weighted by Gasteiger charge is 2.52. The highest BCUT2D eigenvalue weighted by molar-refractivity contribution is 7.09. The summed E-state index contributed by atoms with van der Waals surface area (Å²) in [5.74, 6) is -0.767. The van der Waals surface area contributed by atoms with Crippen LogP contribution >= 0.6 is 11.3 Å². The van der Waals surface area contributed by atoms with E-state index in [0.717, 1.165) is 4.68 Å². The molecular weight excluding hydrogens is 399 g/mol. The van der Waals surface area contributed by atoms with Crippen LogP contribution in [-0.4, -0.2) is 47.5 Å². The highest BCUT2D eigenvalue weighted by Crippen LogP contribution is 2.31. The van der Waals surface area contributed by atoms with Crippen molar-refractivity contribution in [2.75, 3.05) is 19.8 Å². The fourth-order valence-corrected chi connectivity index (χ4v) is 3.81. The number of ether oxygens (including phenoxy) is 1. The summed E-state index contributed by atoms with van der Waals surface area (Å²) in [6.45, 7) is 0.116. The predicted octanol–water partition coefficient (Wildman–Crippen LogP) is 1.41. The van der Waals surface area contributed by atoms with E-state index >= 15 is 0 Å². The molecule has 8 nitrogen and oxygen atoms in total. The molecular formula is C16H17F3N5O3S+. The van der Waals surface area contributed by atoms with E-state index in [0.29, 0.717) is 5.69 Å². The molecule has 28 heavy (non-hydrogen) atoms. The van der Waals surface area contributed by atoms with Gasteiger partial charge in [0.1, 0.15) is 18.8 Å². The summed E-state index contributed by atoms with van der Waals surface area (Å²) < 4.78 is 44.4. The van der Waals surface area contributed by atoms with Crippen LogP contribution in [0.15, 0.2) is 35.3 Å². The molecule has 3 amide bonds. The van der Waals surface area contributed by atoms with E-state index in [9.17, 15) is 22.8 Å².